The third kappa shape index (κ3) is 4.95. The molecular formula is C26H31ClN4O. The van der Waals surface area contributed by atoms with Crippen LogP contribution in [0.5, 0.6) is 0 Å². The highest BCUT2D eigenvalue weighted by atomic mass is 35.5. The molecule has 32 heavy (non-hydrogen) atoms. The SMILES string of the molecule is CCc1c(C(=O)N2CCC(c3cccc(CN)c3)CC2)cccc1-c1ccc(N)nc1.Cl. The van der Waals surface area contributed by atoms with Gasteiger partial charge in [-0.25, -0.2) is 4.98 Å². The number of amides is 1. The average Bonchev–Trinajstić information content (AvgIpc) is 2.83. The molecule has 3 aromatic rings. The quantitative estimate of drug-likeness (QED) is 0.585. The zero-order valence-corrected chi connectivity index (χ0v) is 19.3. The van der Waals surface area contributed by atoms with E-state index >= 15 is 0 Å². The zero-order chi connectivity index (χ0) is 21.8. The molecule has 4 rings (SSSR count). The minimum atomic E-state index is 0. The lowest BCUT2D eigenvalue weighted by molar-refractivity contribution is 0.0712. The van der Waals surface area contributed by atoms with Crippen molar-refractivity contribution >= 4 is 24.1 Å². The number of carbonyl (C=O) groups excluding carboxylic acids is 1. The molecule has 1 aromatic heterocycles. The van der Waals surface area contributed by atoms with Crippen LogP contribution in [0.2, 0.25) is 0 Å². The lowest BCUT2D eigenvalue weighted by Gasteiger charge is -2.33. The molecule has 2 heterocycles. The van der Waals surface area contributed by atoms with E-state index in [4.69, 9.17) is 11.5 Å². The van der Waals surface area contributed by atoms with Gasteiger partial charge in [0.2, 0.25) is 0 Å². The van der Waals surface area contributed by atoms with Crippen molar-refractivity contribution in [1.29, 1.82) is 0 Å². The van der Waals surface area contributed by atoms with Crippen LogP contribution in [-0.4, -0.2) is 28.9 Å². The Morgan fingerprint density at radius 2 is 1.84 bits per heavy atom. The number of nitrogens with two attached hydrogens (primary N) is 2. The van der Waals surface area contributed by atoms with Gasteiger partial charge in [0.1, 0.15) is 5.82 Å². The molecule has 4 N–H and O–H groups in total. The summed E-state index contributed by atoms with van der Waals surface area (Å²) >= 11 is 0. The Bertz CT molecular complexity index is 1060. The molecule has 1 aliphatic rings. The van der Waals surface area contributed by atoms with E-state index in [0.29, 0.717) is 18.3 Å². The molecule has 1 amide bonds. The number of nitrogen functional groups attached to an aromatic ring is 1. The van der Waals surface area contributed by atoms with Gasteiger partial charge >= 0.3 is 0 Å². The van der Waals surface area contributed by atoms with Gasteiger partial charge in [-0.2, -0.15) is 0 Å². The van der Waals surface area contributed by atoms with Crippen LogP contribution < -0.4 is 11.5 Å². The Labute approximate surface area is 196 Å². The monoisotopic (exact) mass is 450 g/mol. The lowest BCUT2D eigenvalue weighted by Crippen LogP contribution is -2.38. The predicted octanol–water partition coefficient (Wildman–Crippen LogP) is 4.79. The minimum absolute atomic E-state index is 0. The number of nitrogens with zero attached hydrogens (tertiary/aromatic N) is 2. The fourth-order valence-electron chi connectivity index (χ4n) is 4.56. The van der Waals surface area contributed by atoms with E-state index in [0.717, 1.165) is 60.2 Å². The third-order valence-corrected chi connectivity index (χ3v) is 6.30. The second-order valence-electron chi connectivity index (χ2n) is 8.17. The van der Waals surface area contributed by atoms with Crippen LogP contribution in [0, 0.1) is 0 Å². The fourth-order valence-corrected chi connectivity index (χ4v) is 4.56. The van der Waals surface area contributed by atoms with Crippen molar-refractivity contribution in [1.82, 2.24) is 9.88 Å². The predicted molar refractivity (Wildman–Crippen MR) is 133 cm³/mol. The Kier molecular flexibility index (Phi) is 7.89. The smallest absolute Gasteiger partial charge is 0.254 e. The van der Waals surface area contributed by atoms with E-state index in [1.54, 1.807) is 12.3 Å². The number of halogens is 1. The molecule has 6 heteroatoms. The van der Waals surface area contributed by atoms with E-state index in [1.165, 1.54) is 5.56 Å². The minimum Gasteiger partial charge on any atom is -0.384 e. The van der Waals surface area contributed by atoms with Gasteiger partial charge in [0.05, 0.1) is 0 Å². The second-order valence-corrected chi connectivity index (χ2v) is 8.17. The molecule has 1 fully saturated rings. The Hall–Kier alpha value is -2.89. The number of anilines is 1. The number of carbonyl (C=O) groups is 1. The maximum Gasteiger partial charge on any atom is 0.254 e. The van der Waals surface area contributed by atoms with Crippen molar-refractivity contribution in [2.24, 2.45) is 5.73 Å². The topological polar surface area (TPSA) is 85.2 Å². The van der Waals surface area contributed by atoms with Crippen LogP contribution >= 0.6 is 12.4 Å². The first kappa shape index (κ1) is 23.8. The van der Waals surface area contributed by atoms with Crippen molar-refractivity contribution < 1.29 is 4.79 Å². The molecule has 1 saturated heterocycles. The number of benzene rings is 2. The van der Waals surface area contributed by atoms with E-state index in [9.17, 15) is 4.79 Å². The second kappa shape index (κ2) is 10.6. The summed E-state index contributed by atoms with van der Waals surface area (Å²) in [6, 6.07) is 18.3. The van der Waals surface area contributed by atoms with Gasteiger partial charge in [-0.05, 0) is 65.6 Å². The van der Waals surface area contributed by atoms with Gasteiger partial charge in [-0.15, -0.1) is 12.4 Å². The summed E-state index contributed by atoms with van der Waals surface area (Å²) in [6.45, 7) is 4.20. The molecule has 168 valence electrons. The first-order valence-corrected chi connectivity index (χ1v) is 11.0. The number of likely N-dealkylation sites (tertiary alicyclic amines) is 1. The number of aromatic nitrogens is 1. The van der Waals surface area contributed by atoms with Crippen LogP contribution in [0.3, 0.4) is 0 Å². The van der Waals surface area contributed by atoms with E-state index in [2.05, 4.69) is 42.2 Å². The summed E-state index contributed by atoms with van der Waals surface area (Å²) in [5, 5.41) is 0. The summed E-state index contributed by atoms with van der Waals surface area (Å²) < 4.78 is 0. The van der Waals surface area contributed by atoms with Crippen molar-refractivity contribution in [3.8, 4) is 11.1 Å². The fraction of sp³-hybridized carbons (Fsp3) is 0.308. The van der Waals surface area contributed by atoms with E-state index in [1.807, 2.05) is 23.1 Å². The van der Waals surface area contributed by atoms with Gasteiger partial charge in [0, 0.05) is 37.0 Å². The first-order chi connectivity index (χ1) is 15.1. The average molecular weight is 451 g/mol. The molecule has 0 atom stereocenters. The van der Waals surface area contributed by atoms with Gasteiger partial charge in [0.25, 0.3) is 5.91 Å². The van der Waals surface area contributed by atoms with Crippen LogP contribution in [-0.2, 0) is 13.0 Å². The van der Waals surface area contributed by atoms with Crippen LogP contribution in [0.4, 0.5) is 5.82 Å². The largest absolute Gasteiger partial charge is 0.384 e. The summed E-state index contributed by atoms with van der Waals surface area (Å²) in [4.78, 5) is 19.7. The maximum absolute atomic E-state index is 13.4. The Morgan fingerprint density at radius 1 is 1.09 bits per heavy atom. The third-order valence-electron chi connectivity index (χ3n) is 6.30. The number of hydrogen-bond donors (Lipinski definition) is 2. The highest BCUT2D eigenvalue weighted by Crippen LogP contribution is 2.31. The van der Waals surface area contributed by atoms with Crippen molar-refractivity contribution in [3.63, 3.8) is 0 Å². The first-order valence-electron chi connectivity index (χ1n) is 11.0. The molecule has 0 spiro atoms. The molecule has 0 radical (unpaired) electrons. The van der Waals surface area contributed by atoms with Gasteiger partial charge < -0.3 is 16.4 Å². The highest BCUT2D eigenvalue weighted by Gasteiger charge is 2.26. The number of pyridine rings is 1. The van der Waals surface area contributed by atoms with Gasteiger partial charge in [0.15, 0.2) is 0 Å². The van der Waals surface area contributed by atoms with Crippen molar-refractivity contribution in [2.45, 2.75) is 38.6 Å². The molecule has 0 aliphatic carbocycles. The summed E-state index contributed by atoms with van der Waals surface area (Å²) in [5.41, 5.74) is 17.9. The number of hydrogen-bond acceptors (Lipinski definition) is 4. The molecule has 2 aromatic carbocycles. The highest BCUT2D eigenvalue weighted by molar-refractivity contribution is 5.97. The Balaban J connectivity index is 0.00000289. The van der Waals surface area contributed by atoms with Crippen LogP contribution in [0.25, 0.3) is 11.1 Å². The summed E-state index contributed by atoms with van der Waals surface area (Å²) in [5.74, 6) is 1.10. The summed E-state index contributed by atoms with van der Waals surface area (Å²) in [7, 11) is 0. The molecule has 5 nitrogen and oxygen atoms in total. The van der Waals surface area contributed by atoms with E-state index in [-0.39, 0.29) is 18.3 Å². The molecule has 1 aliphatic heterocycles. The summed E-state index contributed by atoms with van der Waals surface area (Å²) in [6.07, 6.45) is 4.51. The standard InChI is InChI=1S/C26H30N4O.ClH/c1-2-22-23(21-9-10-25(28)29-17-21)7-4-8-24(22)26(31)30-13-11-19(12-14-30)20-6-3-5-18(15-20)16-27;/h3-10,15,17,19H,2,11-14,16,27H2,1H3,(H2,28,29);1H. The van der Waals surface area contributed by atoms with Crippen molar-refractivity contribution in [3.05, 3.63) is 83.0 Å². The van der Waals surface area contributed by atoms with E-state index < -0.39 is 0 Å². The van der Waals surface area contributed by atoms with Gasteiger partial charge in [-0.3, -0.25) is 4.79 Å². The normalized spacial score (nSPS) is 14.1. The van der Waals surface area contributed by atoms with Crippen LogP contribution in [0.15, 0.2) is 60.8 Å². The Morgan fingerprint density at radius 3 is 2.50 bits per heavy atom. The van der Waals surface area contributed by atoms with Crippen molar-refractivity contribution in [2.75, 3.05) is 18.8 Å². The zero-order valence-electron chi connectivity index (χ0n) is 18.5. The lowest BCUT2D eigenvalue weighted by atomic mass is 9.88. The number of rotatable bonds is 5. The molecular weight excluding hydrogens is 420 g/mol. The molecule has 0 bridgehead atoms. The molecule has 0 unspecified atom stereocenters. The number of piperidine rings is 1. The maximum atomic E-state index is 13.4. The van der Waals surface area contributed by atoms with Crippen LogP contribution in [0.1, 0.15) is 52.7 Å². The molecule has 0 saturated carbocycles. The van der Waals surface area contributed by atoms with Gasteiger partial charge in [-0.1, -0.05) is 43.3 Å².